The van der Waals surface area contributed by atoms with Gasteiger partial charge in [0.1, 0.15) is 12.6 Å². The molecule has 1 aromatic heterocycles. The molecule has 1 aliphatic rings. The molecule has 2 aromatic carbocycles. The highest BCUT2D eigenvalue weighted by Gasteiger charge is 2.39. The van der Waals surface area contributed by atoms with Gasteiger partial charge in [-0.1, -0.05) is 41.9 Å². The monoisotopic (exact) mass is 410 g/mol. The molecular formula is C21H19ClN4O3. The number of hydrogen-bond donors (Lipinski definition) is 3. The molecule has 1 atom stereocenters. The van der Waals surface area contributed by atoms with Crippen molar-refractivity contribution in [2.24, 2.45) is 0 Å². The summed E-state index contributed by atoms with van der Waals surface area (Å²) in [6.45, 7) is -0.0267. The second-order valence-corrected chi connectivity index (χ2v) is 7.33. The number of para-hydroxylation sites is 1. The summed E-state index contributed by atoms with van der Waals surface area (Å²) in [5.41, 5.74) is 2.78. The third kappa shape index (κ3) is 4.09. The lowest BCUT2D eigenvalue weighted by atomic mass is 10.1. The standard InChI is InChI=1S/C21H19ClN4O3/c22-15-7-5-13(6-8-15)10-24-19(27)12-26-20(28)18(25-21(26)29)9-14-11-23-17-4-2-1-3-16(14)17/h1-8,11,18,23H,9-10,12H2,(H,24,27)(H,25,29)/t18-/m0/s1. The van der Waals surface area contributed by atoms with E-state index in [1.807, 2.05) is 30.5 Å². The van der Waals surface area contributed by atoms with E-state index in [0.29, 0.717) is 18.0 Å². The Morgan fingerprint density at radius 1 is 1.10 bits per heavy atom. The van der Waals surface area contributed by atoms with Crippen molar-refractivity contribution in [1.82, 2.24) is 20.5 Å². The summed E-state index contributed by atoms with van der Waals surface area (Å²) in [5, 5.41) is 7.00. The number of aromatic nitrogens is 1. The molecule has 148 valence electrons. The number of aromatic amines is 1. The summed E-state index contributed by atoms with van der Waals surface area (Å²) in [5.74, 6) is -0.807. The number of benzene rings is 2. The van der Waals surface area contributed by atoms with E-state index >= 15 is 0 Å². The zero-order valence-corrected chi connectivity index (χ0v) is 16.2. The van der Waals surface area contributed by atoms with E-state index in [2.05, 4.69) is 15.6 Å². The first kappa shape index (κ1) is 19.0. The minimum atomic E-state index is -0.689. The molecule has 4 rings (SSSR count). The van der Waals surface area contributed by atoms with E-state index in [-0.39, 0.29) is 6.54 Å². The summed E-state index contributed by atoms with van der Waals surface area (Å²) in [4.78, 5) is 41.2. The van der Waals surface area contributed by atoms with Crippen LogP contribution >= 0.6 is 11.6 Å². The molecule has 2 heterocycles. The first-order valence-electron chi connectivity index (χ1n) is 9.19. The van der Waals surface area contributed by atoms with Gasteiger partial charge in [-0.15, -0.1) is 0 Å². The molecule has 1 saturated heterocycles. The van der Waals surface area contributed by atoms with Crippen molar-refractivity contribution < 1.29 is 14.4 Å². The third-order valence-electron chi connectivity index (χ3n) is 4.91. The second kappa shape index (κ2) is 7.97. The molecule has 1 fully saturated rings. The maximum Gasteiger partial charge on any atom is 0.325 e. The number of nitrogens with one attached hydrogen (secondary N) is 3. The van der Waals surface area contributed by atoms with Crippen LogP contribution in [0.2, 0.25) is 5.02 Å². The number of H-pyrrole nitrogens is 1. The molecule has 1 aliphatic heterocycles. The van der Waals surface area contributed by atoms with Crippen molar-refractivity contribution in [3.8, 4) is 0 Å². The van der Waals surface area contributed by atoms with Crippen molar-refractivity contribution in [3.05, 3.63) is 70.9 Å². The van der Waals surface area contributed by atoms with Gasteiger partial charge in [0.15, 0.2) is 0 Å². The van der Waals surface area contributed by atoms with Crippen molar-refractivity contribution in [2.75, 3.05) is 6.54 Å². The van der Waals surface area contributed by atoms with Crippen LogP contribution in [0.5, 0.6) is 0 Å². The van der Waals surface area contributed by atoms with Crippen LogP contribution in [0.25, 0.3) is 10.9 Å². The van der Waals surface area contributed by atoms with Gasteiger partial charge >= 0.3 is 6.03 Å². The SMILES string of the molecule is O=C(CN1C(=O)N[C@@H](Cc2c[nH]c3ccccc23)C1=O)NCc1ccc(Cl)cc1. The van der Waals surface area contributed by atoms with Gasteiger partial charge in [-0.25, -0.2) is 4.79 Å². The van der Waals surface area contributed by atoms with Crippen LogP contribution in [0.3, 0.4) is 0 Å². The number of carbonyl (C=O) groups is 3. The molecule has 0 bridgehead atoms. The van der Waals surface area contributed by atoms with Crippen LogP contribution in [0.1, 0.15) is 11.1 Å². The van der Waals surface area contributed by atoms with Crippen molar-refractivity contribution >= 4 is 40.3 Å². The van der Waals surface area contributed by atoms with Crippen LogP contribution in [-0.2, 0) is 22.6 Å². The topological polar surface area (TPSA) is 94.3 Å². The first-order valence-corrected chi connectivity index (χ1v) is 9.57. The maximum atomic E-state index is 12.7. The summed E-state index contributed by atoms with van der Waals surface area (Å²) in [6.07, 6.45) is 2.20. The lowest BCUT2D eigenvalue weighted by molar-refractivity contribution is -0.132. The normalized spacial score (nSPS) is 16.3. The van der Waals surface area contributed by atoms with E-state index < -0.39 is 23.9 Å². The van der Waals surface area contributed by atoms with Gasteiger partial charge in [-0.05, 0) is 29.3 Å². The largest absolute Gasteiger partial charge is 0.361 e. The third-order valence-corrected chi connectivity index (χ3v) is 5.16. The number of fused-ring (bicyclic) bond motifs is 1. The van der Waals surface area contributed by atoms with Crippen molar-refractivity contribution in [3.63, 3.8) is 0 Å². The molecule has 8 heteroatoms. The number of hydrogen-bond acceptors (Lipinski definition) is 3. The van der Waals surface area contributed by atoms with E-state index in [1.165, 1.54) is 0 Å². The zero-order valence-electron chi connectivity index (χ0n) is 15.4. The van der Waals surface area contributed by atoms with Gasteiger partial charge in [-0.2, -0.15) is 0 Å². The summed E-state index contributed by atoms with van der Waals surface area (Å²) in [6, 6.07) is 13.6. The van der Waals surface area contributed by atoms with Gasteiger partial charge in [0.05, 0.1) is 0 Å². The lowest BCUT2D eigenvalue weighted by Crippen LogP contribution is -2.41. The average Bonchev–Trinajstić information content (AvgIpc) is 3.24. The Morgan fingerprint density at radius 3 is 2.66 bits per heavy atom. The summed E-state index contributed by atoms with van der Waals surface area (Å²) < 4.78 is 0. The number of halogens is 1. The molecule has 0 unspecified atom stereocenters. The quantitative estimate of drug-likeness (QED) is 0.545. The van der Waals surface area contributed by atoms with Gasteiger partial charge in [0.25, 0.3) is 5.91 Å². The highest BCUT2D eigenvalue weighted by atomic mass is 35.5. The summed E-state index contributed by atoms with van der Waals surface area (Å²) >= 11 is 5.84. The van der Waals surface area contributed by atoms with E-state index in [9.17, 15) is 14.4 Å². The molecule has 0 saturated carbocycles. The van der Waals surface area contributed by atoms with Gasteiger partial charge in [0.2, 0.25) is 5.91 Å². The number of nitrogens with zero attached hydrogens (tertiary/aromatic N) is 1. The number of carbonyl (C=O) groups excluding carboxylic acids is 3. The van der Waals surface area contributed by atoms with E-state index in [4.69, 9.17) is 11.6 Å². The molecule has 0 spiro atoms. The Hall–Kier alpha value is -3.32. The Balaban J connectivity index is 1.36. The van der Waals surface area contributed by atoms with Crippen LogP contribution in [0.4, 0.5) is 4.79 Å². The number of rotatable bonds is 6. The Morgan fingerprint density at radius 2 is 1.86 bits per heavy atom. The highest BCUT2D eigenvalue weighted by molar-refractivity contribution is 6.30. The van der Waals surface area contributed by atoms with E-state index in [1.54, 1.807) is 24.3 Å². The molecule has 29 heavy (non-hydrogen) atoms. The Bertz CT molecular complexity index is 1080. The number of amides is 4. The predicted octanol–water partition coefficient (Wildman–Crippen LogP) is 2.60. The average molecular weight is 411 g/mol. The Kier molecular flexibility index (Phi) is 5.22. The molecular weight excluding hydrogens is 392 g/mol. The van der Waals surface area contributed by atoms with Crippen molar-refractivity contribution in [1.29, 1.82) is 0 Å². The lowest BCUT2D eigenvalue weighted by Gasteiger charge is -2.13. The Labute approximate surface area is 172 Å². The molecule has 7 nitrogen and oxygen atoms in total. The van der Waals surface area contributed by atoms with E-state index in [0.717, 1.165) is 26.9 Å². The van der Waals surface area contributed by atoms with Gasteiger partial charge in [0, 0.05) is 35.1 Å². The number of imide groups is 1. The summed E-state index contributed by atoms with van der Waals surface area (Å²) in [7, 11) is 0. The van der Waals surface area contributed by atoms with Crippen LogP contribution in [0.15, 0.2) is 54.7 Å². The minimum Gasteiger partial charge on any atom is -0.361 e. The van der Waals surface area contributed by atoms with Crippen molar-refractivity contribution in [2.45, 2.75) is 19.0 Å². The van der Waals surface area contributed by atoms with Crippen LogP contribution < -0.4 is 10.6 Å². The maximum absolute atomic E-state index is 12.7. The fraction of sp³-hybridized carbons (Fsp3) is 0.190. The molecule has 0 aliphatic carbocycles. The highest BCUT2D eigenvalue weighted by Crippen LogP contribution is 2.21. The minimum absolute atomic E-state index is 0.290. The second-order valence-electron chi connectivity index (χ2n) is 6.89. The number of urea groups is 1. The first-order chi connectivity index (χ1) is 14.0. The van der Waals surface area contributed by atoms with Crippen LogP contribution in [-0.4, -0.2) is 40.3 Å². The molecule has 0 radical (unpaired) electrons. The molecule has 4 amide bonds. The molecule has 3 N–H and O–H groups in total. The smallest absolute Gasteiger partial charge is 0.325 e. The predicted molar refractivity (Wildman–Crippen MR) is 109 cm³/mol. The fourth-order valence-corrected chi connectivity index (χ4v) is 3.51. The fourth-order valence-electron chi connectivity index (χ4n) is 3.39. The molecule has 3 aromatic rings. The zero-order chi connectivity index (χ0) is 20.4. The van der Waals surface area contributed by atoms with Gasteiger partial charge < -0.3 is 15.6 Å². The van der Waals surface area contributed by atoms with Crippen LogP contribution in [0, 0.1) is 0 Å². The van der Waals surface area contributed by atoms with Gasteiger partial charge in [-0.3, -0.25) is 14.5 Å².